The lowest BCUT2D eigenvalue weighted by atomic mass is 10.0. The average molecular weight is 445 g/mol. The molecule has 2 aromatic carbocycles. The molecular weight excluding hydrogens is 420 g/mol. The molecule has 3 heterocycles. The van der Waals surface area contributed by atoms with Gasteiger partial charge in [-0.15, -0.1) is 0 Å². The first kappa shape index (κ1) is 20.6. The highest BCUT2D eigenvalue weighted by Crippen LogP contribution is 2.26. The lowest BCUT2D eigenvalue weighted by molar-refractivity contribution is 0.255. The summed E-state index contributed by atoms with van der Waals surface area (Å²) in [6.45, 7) is 5.31. The van der Waals surface area contributed by atoms with Gasteiger partial charge in [0.05, 0.1) is 6.54 Å². The predicted octanol–water partition coefficient (Wildman–Crippen LogP) is 5.08. The van der Waals surface area contributed by atoms with Gasteiger partial charge in [0, 0.05) is 49.3 Å². The van der Waals surface area contributed by atoms with E-state index in [1.165, 1.54) is 5.69 Å². The highest BCUT2D eigenvalue weighted by Gasteiger charge is 2.22. The van der Waals surface area contributed by atoms with E-state index in [0.29, 0.717) is 6.61 Å². The number of rotatable bonds is 4. The van der Waals surface area contributed by atoms with Gasteiger partial charge in [0.1, 0.15) is 6.61 Å². The minimum absolute atomic E-state index is 0.713. The van der Waals surface area contributed by atoms with E-state index in [1.807, 2.05) is 24.3 Å². The van der Waals surface area contributed by atoms with Crippen molar-refractivity contribution >= 4 is 35.5 Å². The van der Waals surface area contributed by atoms with Gasteiger partial charge in [0.2, 0.25) is 0 Å². The van der Waals surface area contributed by atoms with Crippen molar-refractivity contribution in [3.05, 3.63) is 83.1 Å². The summed E-state index contributed by atoms with van der Waals surface area (Å²) in [5.41, 5.74) is 5.67. The normalized spacial score (nSPS) is 16.3. The second-order valence-corrected chi connectivity index (χ2v) is 8.36. The molecule has 32 heavy (non-hydrogen) atoms. The second-order valence-electron chi connectivity index (χ2n) is 7.92. The Morgan fingerprint density at radius 3 is 2.22 bits per heavy atom. The SMILES string of the molecule is Clc1cc(C=Cc2ccc(N3CCN(C4=NCCO4)CC3)cc2)cc(-c2ccncc2)c1. The number of aromatic nitrogens is 1. The molecule has 0 spiro atoms. The number of pyridine rings is 1. The lowest BCUT2D eigenvalue weighted by Gasteiger charge is -2.36. The molecule has 1 aromatic heterocycles. The molecule has 2 aliphatic rings. The Morgan fingerprint density at radius 2 is 1.50 bits per heavy atom. The number of piperazine rings is 1. The number of hydrogen-bond donors (Lipinski definition) is 0. The fourth-order valence-electron chi connectivity index (χ4n) is 4.08. The van der Waals surface area contributed by atoms with Crippen LogP contribution in [0.4, 0.5) is 5.69 Å². The molecule has 0 aliphatic carbocycles. The molecule has 0 amide bonds. The largest absolute Gasteiger partial charge is 0.463 e. The Bertz CT molecular complexity index is 1120. The van der Waals surface area contributed by atoms with Crippen molar-refractivity contribution in [1.82, 2.24) is 9.88 Å². The summed E-state index contributed by atoms with van der Waals surface area (Å²) >= 11 is 6.37. The molecular formula is C26H25ClN4O. The van der Waals surface area contributed by atoms with Gasteiger partial charge in [-0.25, -0.2) is 4.99 Å². The summed E-state index contributed by atoms with van der Waals surface area (Å²) in [6, 6.07) is 19.6. The van der Waals surface area contributed by atoms with Crippen molar-refractivity contribution in [3.63, 3.8) is 0 Å². The van der Waals surface area contributed by atoms with Crippen LogP contribution in [0.5, 0.6) is 0 Å². The molecule has 2 aliphatic heterocycles. The highest BCUT2D eigenvalue weighted by molar-refractivity contribution is 6.31. The van der Waals surface area contributed by atoms with Crippen LogP contribution in [0.2, 0.25) is 5.02 Å². The van der Waals surface area contributed by atoms with E-state index in [0.717, 1.165) is 66.0 Å². The zero-order valence-electron chi connectivity index (χ0n) is 17.8. The minimum Gasteiger partial charge on any atom is -0.463 e. The van der Waals surface area contributed by atoms with Gasteiger partial charge in [-0.2, -0.15) is 0 Å². The van der Waals surface area contributed by atoms with Crippen molar-refractivity contribution < 1.29 is 4.74 Å². The first-order valence-electron chi connectivity index (χ1n) is 10.9. The highest BCUT2D eigenvalue weighted by atomic mass is 35.5. The summed E-state index contributed by atoms with van der Waals surface area (Å²) in [6.07, 6.45) is 7.82. The van der Waals surface area contributed by atoms with Gasteiger partial charge in [-0.1, -0.05) is 35.9 Å². The molecule has 0 N–H and O–H groups in total. The van der Waals surface area contributed by atoms with Gasteiger partial charge >= 0.3 is 0 Å². The quantitative estimate of drug-likeness (QED) is 0.526. The standard InChI is InChI=1S/C26H25ClN4O/c27-24-18-21(17-23(19-24)22-7-9-28-10-8-22)2-1-20-3-5-25(6-4-20)30-12-14-31(15-13-30)26-29-11-16-32-26/h1-10,17-19H,11-16H2. The molecule has 0 radical (unpaired) electrons. The van der Waals surface area contributed by atoms with Crippen LogP contribution in [-0.4, -0.2) is 55.2 Å². The Balaban J connectivity index is 1.24. The molecule has 0 saturated carbocycles. The van der Waals surface area contributed by atoms with Crippen LogP contribution in [0.15, 0.2) is 72.0 Å². The number of hydrogen-bond acceptors (Lipinski definition) is 5. The third-order valence-electron chi connectivity index (χ3n) is 5.78. The van der Waals surface area contributed by atoms with Crippen LogP contribution >= 0.6 is 11.6 Å². The van der Waals surface area contributed by atoms with E-state index in [-0.39, 0.29) is 0 Å². The Kier molecular flexibility index (Phi) is 6.08. The van der Waals surface area contributed by atoms with Crippen molar-refractivity contribution in [3.8, 4) is 11.1 Å². The summed E-state index contributed by atoms with van der Waals surface area (Å²) in [7, 11) is 0. The summed E-state index contributed by atoms with van der Waals surface area (Å²) in [4.78, 5) is 13.2. The Labute approximate surface area is 193 Å². The number of anilines is 1. The molecule has 0 bridgehead atoms. The number of halogens is 1. The van der Waals surface area contributed by atoms with E-state index in [1.54, 1.807) is 12.4 Å². The maximum Gasteiger partial charge on any atom is 0.287 e. The summed E-state index contributed by atoms with van der Waals surface area (Å²) in [5, 5.41) is 0.724. The van der Waals surface area contributed by atoms with Gasteiger partial charge in [-0.3, -0.25) is 4.98 Å². The Morgan fingerprint density at radius 1 is 0.781 bits per heavy atom. The summed E-state index contributed by atoms with van der Waals surface area (Å²) < 4.78 is 5.59. The predicted molar refractivity (Wildman–Crippen MR) is 132 cm³/mol. The molecule has 3 aromatic rings. The van der Waals surface area contributed by atoms with Crippen molar-refractivity contribution in [2.75, 3.05) is 44.2 Å². The third kappa shape index (κ3) is 4.78. The van der Waals surface area contributed by atoms with Crippen LogP contribution in [0.3, 0.4) is 0 Å². The van der Waals surface area contributed by atoms with Gasteiger partial charge in [0.15, 0.2) is 0 Å². The number of amidine groups is 1. The van der Waals surface area contributed by atoms with Crippen LogP contribution in [0, 0.1) is 0 Å². The molecule has 162 valence electrons. The second kappa shape index (κ2) is 9.45. The molecule has 0 unspecified atom stereocenters. The van der Waals surface area contributed by atoms with E-state index < -0.39 is 0 Å². The van der Waals surface area contributed by atoms with E-state index >= 15 is 0 Å². The molecule has 1 saturated heterocycles. The smallest absolute Gasteiger partial charge is 0.287 e. The molecule has 0 atom stereocenters. The number of benzene rings is 2. The van der Waals surface area contributed by atoms with Crippen LogP contribution in [-0.2, 0) is 4.74 Å². The van der Waals surface area contributed by atoms with Crippen LogP contribution < -0.4 is 4.90 Å². The first-order chi connectivity index (χ1) is 15.7. The number of nitrogens with zero attached hydrogens (tertiary/aromatic N) is 4. The minimum atomic E-state index is 0.713. The fourth-order valence-corrected chi connectivity index (χ4v) is 4.32. The zero-order chi connectivity index (χ0) is 21.8. The molecule has 6 heteroatoms. The maximum atomic E-state index is 6.37. The van der Waals surface area contributed by atoms with Gasteiger partial charge < -0.3 is 14.5 Å². The number of ether oxygens (including phenoxy) is 1. The molecule has 5 rings (SSSR count). The van der Waals surface area contributed by atoms with Crippen molar-refractivity contribution in [2.45, 2.75) is 0 Å². The van der Waals surface area contributed by atoms with Gasteiger partial charge in [-0.05, 0) is 64.7 Å². The molecule has 1 fully saturated rings. The number of aliphatic imine (C=N–C) groups is 1. The van der Waals surface area contributed by atoms with E-state index in [9.17, 15) is 0 Å². The van der Waals surface area contributed by atoms with E-state index in [4.69, 9.17) is 16.3 Å². The van der Waals surface area contributed by atoms with E-state index in [2.05, 4.69) is 62.3 Å². The van der Waals surface area contributed by atoms with Crippen molar-refractivity contribution in [2.24, 2.45) is 4.99 Å². The molecule has 5 nitrogen and oxygen atoms in total. The van der Waals surface area contributed by atoms with Crippen molar-refractivity contribution in [1.29, 1.82) is 0 Å². The first-order valence-corrected chi connectivity index (χ1v) is 11.3. The van der Waals surface area contributed by atoms with Gasteiger partial charge in [0.25, 0.3) is 6.02 Å². The summed E-state index contributed by atoms with van der Waals surface area (Å²) in [5.74, 6) is 0. The monoisotopic (exact) mass is 444 g/mol. The maximum absolute atomic E-state index is 6.37. The fraction of sp³-hybridized carbons (Fsp3) is 0.231. The third-order valence-corrected chi connectivity index (χ3v) is 6.00. The Hall–Kier alpha value is -3.31. The topological polar surface area (TPSA) is 41.0 Å². The zero-order valence-corrected chi connectivity index (χ0v) is 18.6. The van der Waals surface area contributed by atoms with Crippen LogP contribution in [0.1, 0.15) is 11.1 Å². The lowest BCUT2D eigenvalue weighted by Crippen LogP contribution is -2.48. The average Bonchev–Trinajstić information content (AvgIpc) is 3.39. The van der Waals surface area contributed by atoms with Crippen LogP contribution in [0.25, 0.3) is 23.3 Å².